The van der Waals surface area contributed by atoms with Crippen molar-refractivity contribution in [1.29, 1.82) is 0 Å². The molecule has 1 aromatic rings. The zero-order valence-electron chi connectivity index (χ0n) is 11.0. The van der Waals surface area contributed by atoms with E-state index in [1.54, 1.807) is 18.2 Å². The van der Waals surface area contributed by atoms with E-state index in [-0.39, 0.29) is 24.8 Å². The van der Waals surface area contributed by atoms with Crippen molar-refractivity contribution < 1.29 is 19.1 Å². The van der Waals surface area contributed by atoms with Crippen LogP contribution in [0.5, 0.6) is 11.5 Å². The average Bonchev–Trinajstić information content (AvgIpc) is 2.95. The van der Waals surface area contributed by atoms with Crippen LogP contribution in [-0.4, -0.2) is 30.5 Å². The zero-order chi connectivity index (χ0) is 14.7. The Bertz CT molecular complexity index is 654. The first-order valence-electron chi connectivity index (χ1n) is 6.31. The third-order valence-electron chi connectivity index (χ3n) is 2.94. The lowest BCUT2D eigenvalue weighted by Gasteiger charge is -2.09. The standard InChI is InChI=1S/C13H12N4O4/c18-12-4-2-9(15-16-12)13(19)17-14-6-8-1-3-10-11(5-8)21-7-20-10/h1,3,5-6H,2,4,7H2,(H,16,18)(H,17,19)/b14-6-. The molecule has 108 valence electrons. The highest BCUT2D eigenvalue weighted by molar-refractivity contribution is 6.39. The first-order valence-corrected chi connectivity index (χ1v) is 6.31. The quantitative estimate of drug-likeness (QED) is 0.609. The molecule has 21 heavy (non-hydrogen) atoms. The van der Waals surface area contributed by atoms with Gasteiger partial charge in [0, 0.05) is 12.8 Å². The van der Waals surface area contributed by atoms with E-state index in [0.717, 1.165) is 5.56 Å². The second-order valence-corrected chi connectivity index (χ2v) is 4.41. The molecule has 0 aliphatic carbocycles. The molecule has 0 saturated heterocycles. The summed E-state index contributed by atoms with van der Waals surface area (Å²) in [6.07, 6.45) is 2.04. The number of benzene rings is 1. The molecule has 3 rings (SSSR count). The fourth-order valence-electron chi connectivity index (χ4n) is 1.86. The van der Waals surface area contributed by atoms with Crippen LogP contribution in [-0.2, 0) is 9.59 Å². The number of nitrogens with zero attached hydrogens (tertiary/aromatic N) is 2. The molecule has 0 unspecified atom stereocenters. The van der Waals surface area contributed by atoms with Gasteiger partial charge >= 0.3 is 0 Å². The molecule has 2 aliphatic rings. The summed E-state index contributed by atoms with van der Waals surface area (Å²) in [6.45, 7) is 0.207. The molecule has 0 radical (unpaired) electrons. The molecular formula is C13H12N4O4. The molecule has 0 aromatic heterocycles. The van der Waals surface area contributed by atoms with Crippen molar-refractivity contribution in [2.24, 2.45) is 10.2 Å². The van der Waals surface area contributed by atoms with E-state index < -0.39 is 5.91 Å². The van der Waals surface area contributed by atoms with Crippen molar-refractivity contribution in [3.63, 3.8) is 0 Å². The molecule has 8 heteroatoms. The minimum atomic E-state index is -0.438. The molecular weight excluding hydrogens is 276 g/mol. The minimum Gasteiger partial charge on any atom is -0.454 e. The monoisotopic (exact) mass is 288 g/mol. The SMILES string of the molecule is O=C1CCC(C(=O)N/N=C\c2ccc3c(c2)OCO3)=NN1. The maximum absolute atomic E-state index is 11.7. The number of fused-ring (bicyclic) bond motifs is 1. The van der Waals surface area contributed by atoms with E-state index in [1.807, 2.05) is 0 Å². The van der Waals surface area contributed by atoms with E-state index in [9.17, 15) is 9.59 Å². The van der Waals surface area contributed by atoms with Crippen molar-refractivity contribution in [3.05, 3.63) is 23.8 Å². The number of hydrazone groups is 2. The minimum absolute atomic E-state index is 0.199. The van der Waals surface area contributed by atoms with Gasteiger partial charge in [0.05, 0.1) is 6.21 Å². The summed E-state index contributed by atoms with van der Waals surface area (Å²) >= 11 is 0. The summed E-state index contributed by atoms with van der Waals surface area (Å²) in [7, 11) is 0. The summed E-state index contributed by atoms with van der Waals surface area (Å²) < 4.78 is 10.4. The topological polar surface area (TPSA) is 101 Å². The van der Waals surface area contributed by atoms with E-state index in [1.165, 1.54) is 6.21 Å². The van der Waals surface area contributed by atoms with Crippen LogP contribution in [0.15, 0.2) is 28.4 Å². The Kier molecular flexibility index (Phi) is 3.50. The predicted octanol–water partition coefficient (Wildman–Crippen LogP) is 0.131. The molecule has 2 N–H and O–H groups in total. The number of carbonyl (C=O) groups excluding carboxylic acids is 2. The van der Waals surface area contributed by atoms with Gasteiger partial charge in [0.2, 0.25) is 12.7 Å². The highest BCUT2D eigenvalue weighted by Crippen LogP contribution is 2.31. The van der Waals surface area contributed by atoms with Crippen LogP contribution in [0, 0.1) is 0 Å². The van der Waals surface area contributed by atoms with Crippen LogP contribution < -0.4 is 20.3 Å². The molecule has 0 fully saturated rings. The smallest absolute Gasteiger partial charge is 0.287 e. The maximum atomic E-state index is 11.7. The lowest BCUT2D eigenvalue weighted by molar-refractivity contribution is -0.121. The van der Waals surface area contributed by atoms with Crippen LogP contribution in [0.3, 0.4) is 0 Å². The van der Waals surface area contributed by atoms with Crippen molar-refractivity contribution in [3.8, 4) is 11.5 Å². The molecule has 8 nitrogen and oxygen atoms in total. The Morgan fingerprint density at radius 1 is 1.33 bits per heavy atom. The van der Waals surface area contributed by atoms with Gasteiger partial charge in [-0.15, -0.1) is 0 Å². The van der Waals surface area contributed by atoms with Gasteiger partial charge in [0.1, 0.15) is 5.71 Å². The fraction of sp³-hybridized carbons (Fsp3) is 0.231. The van der Waals surface area contributed by atoms with Crippen LogP contribution in [0.25, 0.3) is 0 Å². The van der Waals surface area contributed by atoms with Crippen LogP contribution in [0.4, 0.5) is 0 Å². The Morgan fingerprint density at radius 3 is 3.00 bits per heavy atom. The third-order valence-corrected chi connectivity index (χ3v) is 2.94. The largest absolute Gasteiger partial charge is 0.454 e. The van der Waals surface area contributed by atoms with Crippen molar-refractivity contribution >= 4 is 23.7 Å². The number of carbonyl (C=O) groups is 2. The molecule has 2 amide bonds. The van der Waals surface area contributed by atoms with E-state index in [0.29, 0.717) is 17.9 Å². The van der Waals surface area contributed by atoms with Gasteiger partial charge in [-0.05, 0) is 23.8 Å². The number of hydrogen-bond donors (Lipinski definition) is 2. The summed E-state index contributed by atoms with van der Waals surface area (Å²) in [5.74, 6) is 0.690. The van der Waals surface area contributed by atoms with Gasteiger partial charge in [-0.25, -0.2) is 10.9 Å². The molecule has 0 bridgehead atoms. The highest BCUT2D eigenvalue weighted by atomic mass is 16.7. The third kappa shape index (κ3) is 2.99. The fourth-order valence-corrected chi connectivity index (χ4v) is 1.86. The normalized spacial score (nSPS) is 16.6. The Hall–Kier alpha value is -2.90. The first-order chi connectivity index (χ1) is 10.2. The van der Waals surface area contributed by atoms with Crippen molar-refractivity contribution in [2.45, 2.75) is 12.8 Å². The Balaban J connectivity index is 1.59. The van der Waals surface area contributed by atoms with E-state index in [2.05, 4.69) is 21.1 Å². The number of ether oxygens (including phenoxy) is 2. The maximum Gasteiger partial charge on any atom is 0.287 e. The summed E-state index contributed by atoms with van der Waals surface area (Å²) in [4.78, 5) is 22.7. The second-order valence-electron chi connectivity index (χ2n) is 4.41. The number of rotatable bonds is 3. The van der Waals surface area contributed by atoms with Gasteiger partial charge in [-0.3, -0.25) is 9.59 Å². The van der Waals surface area contributed by atoms with Gasteiger partial charge < -0.3 is 9.47 Å². The van der Waals surface area contributed by atoms with E-state index >= 15 is 0 Å². The van der Waals surface area contributed by atoms with Gasteiger partial charge in [-0.2, -0.15) is 10.2 Å². The zero-order valence-corrected chi connectivity index (χ0v) is 11.0. The van der Waals surface area contributed by atoms with Crippen molar-refractivity contribution in [1.82, 2.24) is 10.9 Å². The number of amides is 2. The second kappa shape index (κ2) is 5.61. The lowest BCUT2D eigenvalue weighted by atomic mass is 10.2. The Labute approximate surface area is 119 Å². The summed E-state index contributed by atoms with van der Waals surface area (Å²) in [5.41, 5.74) is 5.63. The van der Waals surface area contributed by atoms with Crippen LogP contribution in [0.2, 0.25) is 0 Å². The summed E-state index contributed by atoms with van der Waals surface area (Å²) in [6, 6.07) is 5.32. The highest BCUT2D eigenvalue weighted by Gasteiger charge is 2.17. The van der Waals surface area contributed by atoms with Crippen LogP contribution in [0.1, 0.15) is 18.4 Å². The Morgan fingerprint density at radius 2 is 2.19 bits per heavy atom. The number of nitrogens with one attached hydrogen (secondary N) is 2. The molecule has 0 saturated carbocycles. The molecule has 2 aliphatic heterocycles. The average molecular weight is 288 g/mol. The first kappa shape index (κ1) is 13.1. The molecule has 1 aromatic carbocycles. The summed E-state index contributed by atoms with van der Waals surface area (Å²) in [5, 5.41) is 7.52. The van der Waals surface area contributed by atoms with Gasteiger partial charge in [-0.1, -0.05) is 0 Å². The lowest BCUT2D eigenvalue weighted by Crippen LogP contribution is -2.34. The molecule has 0 atom stereocenters. The van der Waals surface area contributed by atoms with Crippen LogP contribution >= 0.6 is 0 Å². The molecule has 2 heterocycles. The van der Waals surface area contributed by atoms with E-state index in [4.69, 9.17) is 9.47 Å². The number of hydrogen-bond acceptors (Lipinski definition) is 6. The van der Waals surface area contributed by atoms with Gasteiger partial charge in [0.15, 0.2) is 11.5 Å². The van der Waals surface area contributed by atoms with Gasteiger partial charge in [0.25, 0.3) is 5.91 Å². The predicted molar refractivity (Wildman–Crippen MR) is 73.1 cm³/mol. The van der Waals surface area contributed by atoms with Crippen molar-refractivity contribution in [2.75, 3.05) is 6.79 Å². The molecule has 0 spiro atoms.